The zero-order valence-electron chi connectivity index (χ0n) is 15.3. The summed E-state index contributed by atoms with van der Waals surface area (Å²) in [5.41, 5.74) is -0.891. The molecule has 0 radical (unpaired) electrons. The van der Waals surface area contributed by atoms with Gasteiger partial charge in [0.25, 0.3) is 0 Å². The predicted octanol–water partition coefficient (Wildman–Crippen LogP) is 4.89. The van der Waals surface area contributed by atoms with Crippen LogP contribution in [0.2, 0.25) is 5.02 Å². The van der Waals surface area contributed by atoms with Crippen molar-refractivity contribution < 1.29 is 36.2 Å². The number of hydrogen-bond acceptors (Lipinski definition) is 4. The molecule has 0 aliphatic heterocycles. The van der Waals surface area contributed by atoms with Gasteiger partial charge in [-0.15, -0.1) is 0 Å². The van der Waals surface area contributed by atoms with E-state index in [9.17, 15) is 26.7 Å². The van der Waals surface area contributed by atoms with Gasteiger partial charge in [0.05, 0.1) is 23.9 Å². The zero-order chi connectivity index (χ0) is 21.8. The second-order valence-electron chi connectivity index (χ2n) is 5.74. The number of anilines is 1. The molecule has 1 amide bonds. The van der Waals surface area contributed by atoms with Gasteiger partial charge in [-0.05, 0) is 26.0 Å². The van der Waals surface area contributed by atoms with E-state index >= 15 is 0 Å². The maximum atomic E-state index is 12.8. The third-order valence-electron chi connectivity index (χ3n) is 3.70. The molecule has 0 aliphatic carbocycles. The predicted molar refractivity (Wildman–Crippen MR) is 94.5 cm³/mol. The molecule has 1 heterocycles. The fourth-order valence-electron chi connectivity index (χ4n) is 2.40. The minimum absolute atomic E-state index is 0.00937. The second-order valence-corrected chi connectivity index (χ2v) is 6.12. The highest BCUT2D eigenvalue weighted by atomic mass is 35.5. The molecule has 0 aliphatic rings. The topological polar surface area (TPSA) is 65.4 Å². The normalized spacial score (nSPS) is 11.6. The Bertz CT molecular complexity index is 871. The number of ether oxygens (including phenoxy) is 2. The molecule has 1 N–H and O–H groups in total. The van der Waals surface area contributed by atoms with Crippen molar-refractivity contribution in [1.82, 2.24) is 9.78 Å². The minimum atomic E-state index is -4.70. The number of carbonyl (C=O) groups excluding carboxylic acids is 1. The SMILES string of the molecule is CCOc1cc(NC(=O)CCn2nc(C(F)(F)F)c(Cl)c2C)ccc1OC(F)F. The van der Waals surface area contributed by atoms with E-state index in [0.717, 1.165) is 4.68 Å². The number of aryl methyl sites for hydroxylation is 1. The molecule has 0 saturated heterocycles. The molecule has 12 heteroatoms. The Labute approximate surface area is 167 Å². The van der Waals surface area contributed by atoms with Crippen molar-refractivity contribution in [3.63, 3.8) is 0 Å². The molecule has 1 aromatic heterocycles. The first-order valence-corrected chi connectivity index (χ1v) is 8.72. The van der Waals surface area contributed by atoms with Gasteiger partial charge >= 0.3 is 12.8 Å². The van der Waals surface area contributed by atoms with Gasteiger partial charge in [0.1, 0.15) is 0 Å². The highest BCUT2D eigenvalue weighted by Gasteiger charge is 2.38. The largest absolute Gasteiger partial charge is 0.490 e. The van der Waals surface area contributed by atoms with Gasteiger partial charge in [0.15, 0.2) is 17.2 Å². The minimum Gasteiger partial charge on any atom is -0.490 e. The van der Waals surface area contributed by atoms with Crippen LogP contribution in [0, 0.1) is 6.92 Å². The molecule has 0 fully saturated rings. The third-order valence-corrected chi connectivity index (χ3v) is 4.15. The molecule has 0 bridgehead atoms. The lowest BCUT2D eigenvalue weighted by Gasteiger charge is -2.13. The van der Waals surface area contributed by atoms with Crippen LogP contribution < -0.4 is 14.8 Å². The molecule has 0 saturated carbocycles. The number of amides is 1. The van der Waals surface area contributed by atoms with Gasteiger partial charge in [-0.25, -0.2) is 0 Å². The van der Waals surface area contributed by atoms with Gasteiger partial charge in [-0.3, -0.25) is 9.48 Å². The molecule has 2 aromatic rings. The lowest BCUT2D eigenvalue weighted by Crippen LogP contribution is -2.16. The van der Waals surface area contributed by atoms with Crippen LogP contribution in [0.1, 0.15) is 24.7 Å². The van der Waals surface area contributed by atoms with Crippen LogP contribution in [0.25, 0.3) is 0 Å². The summed E-state index contributed by atoms with van der Waals surface area (Å²) in [6.07, 6.45) is -4.90. The third kappa shape index (κ3) is 5.96. The van der Waals surface area contributed by atoms with E-state index in [2.05, 4.69) is 15.2 Å². The average Bonchev–Trinajstić information content (AvgIpc) is 2.90. The molecule has 29 heavy (non-hydrogen) atoms. The highest BCUT2D eigenvalue weighted by Crippen LogP contribution is 2.35. The monoisotopic (exact) mass is 441 g/mol. The number of benzene rings is 1. The quantitative estimate of drug-likeness (QED) is 0.592. The van der Waals surface area contributed by atoms with Gasteiger partial charge in [-0.1, -0.05) is 11.6 Å². The second kappa shape index (κ2) is 9.29. The lowest BCUT2D eigenvalue weighted by atomic mass is 10.2. The molecular formula is C17H17ClF5N3O3. The summed E-state index contributed by atoms with van der Waals surface area (Å²) in [6.45, 7) is -0.000677. The van der Waals surface area contributed by atoms with E-state index < -0.39 is 29.4 Å². The molecular weight excluding hydrogens is 425 g/mol. The van der Waals surface area contributed by atoms with E-state index in [1.807, 2.05) is 0 Å². The van der Waals surface area contributed by atoms with Crippen molar-refractivity contribution in [1.29, 1.82) is 0 Å². The number of rotatable bonds is 8. The van der Waals surface area contributed by atoms with Crippen molar-refractivity contribution in [2.24, 2.45) is 0 Å². The fourth-order valence-corrected chi connectivity index (χ4v) is 2.64. The maximum absolute atomic E-state index is 12.8. The Morgan fingerprint density at radius 3 is 2.55 bits per heavy atom. The van der Waals surface area contributed by atoms with E-state index in [1.54, 1.807) is 6.92 Å². The first-order valence-electron chi connectivity index (χ1n) is 8.34. The van der Waals surface area contributed by atoms with E-state index in [0.29, 0.717) is 0 Å². The first-order chi connectivity index (χ1) is 13.5. The van der Waals surface area contributed by atoms with Crippen LogP contribution >= 0.6 is 11.6 Å². The summed E-state index contributed by atoms with van der Waals surface area (Å²) in [6, 6.07) is 3.84. The van der Waals surface area contributed by atoms with Crippen molar-refractivity contribution in [2.45, 2.75) is 39.6 Å². The van der Waals surface area contributed by atoms with Crippen LogP contribution in [0.4, 0.5) is 27.6 Å². The number of halogens is 6. The molecule has 0 atom stereocenters. The van der Waals surface area contributed by atoms with Crippen molar-refractivity contribution >= 4 is 23.2 Å². The Kier molecular flexibility index (Phi) is 7.28. The smallest absolute Gasteiger partial charge is 0.436 e. The van der Waals surface area contributed by atoms with E-state index in [4.69, 9.17) is 16.3 Å². The summed E-state index contributed by atoms with van der Waals surface area (Å²) in [4.78, 5) is 12.1. The zero-order valence-corrected chi connectivity index (χ0v) is 16.1. The average molecular weight is 442 g/mol. The van der Waals surface area contributed by atoms with E-state index in [-0.39, 0.29) is 42.5 Å². The summed E-state index contributed by atoms with van der Waals surface area (Å²) >= 11 is 5.66. The van der Waals surface area contributed by atoms with Crippen LogP contribution in [-0.4, -0.2) is 28.9 Å². The van der Waals surface area contributed by atoms with Gasteiger partial charge < -0.3 is 14.8 Å². The molecule has 160 valence electrons. The summed E-state index contributed by atoms with van der Waals surface area (Å²) in [7, 11) is 0. The van der Waals surface area contributed by atoms with Crippen molar-refractivity contribution in [3.8, 4) is 11.5 Å². The van der Waals surface area contributed by atoms with Crippen LogP contribution in [0.3, 0.4) is 0 Å². The Balaban J connectivity index is 2.05. The Morgan fingerprint density at radius 2 is 2.00 bits per heavy atom. The van der Waals surface area contributed by atoms with Gasteiger partial charge in [0, 0.05) is 18.2 Å². The summed E-state index contributed by atoms with van der Waals surface area (Å²) in [5, 5.41) is 5.39. The number of alkyl halides is 5. The van der Waals surface area contributed by atoms with Gasteiger partial charge in [0.2, 0.25) is 5.91 Å². The van der Waals surface area contributed by atoms with Crippen LogP contribution in [0.15, 0.2) is 18.2 Å². The number of hydrogen-bond donors (Lipinski definition) is 1. The maximum Gasteiger partial charge on any atom is 0.436 e. The number of carbonyl (C=O) groups is 1. The highest BCUT2D eigenvalue weighted by molar-refractivity contribution is 6.31. The Morgan fingerprint density at radius 1 is 1.31 bits per heavy atom. The molecule has 0 spiro atoms. The number of nitrogens with one attached hydrogen (secondary N) is 1. The summed E-state index contributed by atoms with van der Waals surface area (Å²) < 4.78 is 73.9. The fraction of sp³-hybridized carbons (Fsp3) is 0.412. The van der Waals surface area contributed by atoms with Crippen LogP contribution in [-0.2, 0) is 17.5 Å². The molecule has 0 unspecified atom stereocenters. The number of nitrogens with zero attached hydrogens (tertiary/aromatic N) is 2. The summed E-state index contributed by atoms with van der Waals surface area (Å²) in [5.74, 6) is -0.717. The van der Waals surface area contributed by atoms with Gasteiger partial charge in [-0.2, -0.15) is 27.1 Å². The molecule has 6 nitrogen and oxygen atoms in total. The van der Waals surface area contributed by atoms with Crippen molar-refractivity contribution in [3.05, 3.63) is 34.6 Å². The van der Waals surface area contributed by atoms with Crippen LogP contribution in [0.5, 0.6) is 11.5 Å². The lowest BCUT2D eigenvalue weighted by molar-refractivity contribution is -0.141. The first kappa shape index (κ1) is 22.7. The van der Waals surface area contributed by atoms with E-state index in [1.165, 1.54) is 25.1 Å². The molecule has 2 rings (SSSR count). The standard InChI is InChI=1S/C17H17ClF5N3O3/c1-3-28-12-8-10(4-5-11(12)29-16(19)20)24-13(27)6-7-26-9(2)14(18)15(25-26)17(21,22)23/h4-5,8,16H,3,6-7H2,1-2H3,(H,24,27). The number of aromatic nitrogens is 2. The van der Waals surface area contributed by atoms with Crippen molar-refractivity contribution in [2.75, 3.05) is 11.9 Å². The molecule has 1 aromatic carbocycles. The Hall–Kier alpha value is -2.56.